The fourth-order valence-electron chi connectivity index (χ4n) is 3.01. The molecule has 1 amide bonds. The Labute approximate surface area is 134 Å². The van der Waals surface area contributed by atoms with E-state index in [0.717, 1.165) is 12.8 Å². The second kappa shape index (κ2) is 6.88. The first-order valence-corrected chi connectivity index (χ1v) is 8.15. The molecule has 1 aromatic carbocycles. The van der Waals surface area contributed by atoms with Gasteiger partial charge in [-0.1, -0.05) is 19.3 Å². The van der Waals surface area contributed by atoms with Gasteiger partial charge in [-0.15, -0.1) is 0 Å². The average Bonchev–Trinajstić information content (AvgIpc) is 2.45. The summed E-state index contributed by atoms with van der Waals surface area (Å²) in [4.78, 5) is 14.5. The van der Waals surface area contributed by atoms with Gasteiger partial charge in [-0.3, -0.25) is 4.79 Å². The van der Waals surface area contributed by atoms with E-state index in [2.05, 4.69) is 40.2 Å². The van der Waals surface area contributed by atoms with Gasteiger partial charge >= 0.3 is 0 Å². The number of hydrogen-bond donors (Lipinski definition) is 1. The minimum Gasteiger partial charge on any atom is -0.350 e. The highest BCUT2D eigenvalue weighted by molar-refractivity contribution is 9.10. The number of amides is 1. The van der Waals surface area contributed by atoms with Crippen molar-refractivity contribution in [2.24, 2.45) is 0 Å². The lowest BCUT2D eigenvalue weighted by atomic mass is 9.80. The van der Waals surface area contributed by atoms with Gasteiger partial charge in [0.25, 0.3) is 5.91 Å². The molecule has 0 heterocycles. The maximum Gasteiger partial charge on any atom is 0.252 e. The molecule has 0 atom stereocenters. The number of nitrogens with zero attached hydrogens (tertiary/aromatic N) is 1. The van der Waals surface area contributed by atoms with E-state index < -0.39 is 0 Å². The highest BCUT2D eigenvalue weighted by atomic mass is 79.9. The molecule has 21 heavy (non-hydrogen) atoms. The number of hydrogen-bond acceptors (Lipinski definition) is 2. The number of nitrogens with one attached hydrogen (secondary N) is 1. The van der Waals surface area contributed by atoms with Crippen LogP contribution >= 0.6 is 15.9 Å². The number of carbonyl (C=O) groups is 1. The summed E-state index contributed by atoms with van der Waals surface area (Å²) in [6.07, 6.45) is 5.88. The Kier molecular flexibility index (Phi) is 5.38. The predicted octanol–water partition coefficient (Wildman–Crippen LogP) is 3.58. The molecule has 0 unspecified atom stereocenters. The van der Waals surface area contributed by atoms with E-state index in [4.69, 9.17) is 0 Å². The zero-order valence-electron chi connectivity index (χ0n) is 12.6. The first-order valence-electron chi connectivity index (χ1n) is 7.35. The van der Waals surface area contributed by atoms with Crippen molar-refractivity contribution in [1.82, 2.24) is 10.2 Å². The molecule has 1 aromatic rings. The molecule has 1 fully saturated rings. The Morgan fingerprint density at radius 2 is 2.00 bits per heavy atom. The maximum absolute atomic E-state index is 13.1. The van der Waals surface area contributed by atoms with Crippen LogP contribution < -0.4 is 5.32 Å². The smallest absolute Gasteiger partial charge is 0.252 e. The van der Waals surface area contributed by atoms with Gasteiger partial charge in [-0.2, -0.15) is 0 Å². The van der Waals surface area contributed by atoms with Crippen LogP contribution in [0.2, 0.25) is 0 Å². The van der Waals surface area contributed by atoms with Gasteiger partial charge in [-0.25, -0.2) is 4.39 Å². The first-order chi connectivity index (χ1) is 9.94. The normalized spacial score (nSPS) is 17.8. The van der Waals surface area contributed by atoms with E-state index in [1.807, 2.05) is 0 Å². The zero-order chi connectivity index (χ0) is 15.5. The third-order valence-electron chi connectivity index (χ3n) is 4.49. The second-order valence-corrected chi connectivity index (χ2v) is 6.84. The predicted molar refractivity (Wildman–Crippen MR) is 85.9 cm³/mol. The molecule has 3 nitrogen and oxygen atoms in total. The number of likely N-dealkylation sites (N-methyl/N-ethyl adjacent to an activating group) is 1. The highest BCUT2D eigenvalue weighted by Gasteiger charge is 2.34. The van der Waals surface area contributed by atoms with E-state index in [9.17, 15) is 9.18 Å². The molecule has 1 aliphatic rings. The maximum atomic E-state index is 13.1. The van der Waals surface area contributed by atoms with Crippen LogP contribution in [0.3, 0.4) is 0 Å². The first kappa shape index (κ1) is 16.4. The topological polar surface area (TPSA) is 32.3 Å². The molecule has 1 N–H and O–H groups in total. The molecular weight excluding hydrogens is 335 g/mol. The van der Waals surface area contributed by atoms with Crippen molar-refractivity contribution in [2.45, 2.75) is 37.6 Å². The van der Waals surface area contributed by atoms with Crippen molar-refractivity contribution < 1.29 is 9.18 Å². The van der Waals surface area contributed by atoms with Gasteiger partial charge in [0.05, 0.1) is 5.56 Å². The van der Waals surface area contributed by atoms with Gasteiger partial charge in [0.1, 0.15) is 5.82 Å². The van der Waals surface area contributed by atoms with Crippen LogP contribution in [0.15, 0.2) is 22.7 Å². The van der Waals surface area contributed by atoms with Gasteiger partial charge in [0, 0.05) is 16.6 Å². The van der Waals surface area contributed by atoms with Crippen molar-refractivity contribution in [3.8, 4) is 0 Å². The monoisotopic (exact) mass is 356 g/mol. The lowest BCUT2D eigenvalue weighted by Crippen LogP contribution is -2.53. The molecule has 0 radical (unpaired) electrons. The van der Waals surface area contributed by atoms with E-state index in [-0.39, 0.29) is 17.3 Å². The minimum absolute atomic E-state index is 0.0421. The third-order valence-corrected chi connectivity index (χ3v) is 5.14. The quantitative estimate of drug-likeness (QED) is 0.893. The van der Waals surface area contributed by atoms with Crippen molar-refractivity contribution in [1.29, 1.82) is 0 Å². The molecule has 0 aliphatic heterocycles. The number of rotatable bonds is 4. The standard InChI is InChI=1S/C16H22BrFN2O/c1-20(2)16(8-4-3-5-9-16)11-19-15(21)13-7-6-12(18)10-14(13)17/h6-7,10H,3-5,8-9,11H2,1-2H3,(H,19,21). The fraction of sp³-hybridized carbons (Fsp3) is 0.562. The summed E-state index contributed by atoms with van der Waals surface area (Å²) in [6, 6.07) is 4.14. The molecule has 0 aromatic heterocycles. The van der Waals surface area contributed by atoms with Crippen molar-refractivity contribution in [3.05, 3.63) is 34.1 Å². The molecular formula is C16H22BrFN2O. The summed E-state index contributed by atoms with van der Waals surface area (Å²) in [5.74, 6) is -0.510. The van der Waals surface area contributed by atoms with Gasteiger partial charge in [0.2, 0.25) is 0 Å². The number of halogens is 2. The summed E-state index contributed by atoms with van der Waals surface area (Å²) in [7, 11) is 4.15. The van der Waals surface area contributed by atoms with E-state index in [1.165, 1.54) is 37.5 Å². The van der Waals surface area contributed by atoms with Gasteiger partial charge < -0.3 is 10.2 Å². The van der Waals surface area contributed by atoms with E-state index >= 15 is 0 Å². The lowest BCUT2D eigenvalue weighted by molar-refractivity contribution is 0.0799. The van der Waals surface area contributed by atoms with Crippen LogP contribution in [0.4, 0.5) is 4.39 Å². The number of benzene rings is 1. The zero-order valence-corrected chi connectivity index (χ0v) is 14.2. The Bertz CT molecular complexity index is 513. The van der Waals surface area contributed by atoms with Gasteiger partial charge in [-0.05, 0) is 61.1 Å². The lowest BCUT2D eigenvalue weighted by Gasteiger charge is -2.43. The van der Waals surface area contributed by atoms with Gasteiger partial charge in [0.15, 0.2) is 0 Å². The SMILES string of the molecule is CN(C)C1(CNC(=O)c2ccc(F)cc2Br)CCCCC1. The van der Waals surface area contributed by atoms with Crippen molar-refractivity contribution >= 4 is 21.8 Å². The summed E-state index contributed by atoms with van der Waals surface area (Å²) in [6.45, 7) is 0.628. The molecule has 1 saturated carbocycles. The third kappa shape index (κ3) is 3.83. The molecule has 2 rings (SSSR count). The van der Waals surface area contributed by atoms with Crippen molar-refractivity contribution in [3.63, 3.8) is 0 Å². The Morgan fingerprint density at radius 3 is 2.57 bits per heavy atom. The molecule has 0 bridgehead atoms. The van der Waals surface area contributed by atoms with Crippen LogP contribution in [-0.2, 0) is 0 Å². The van der Waals surface area contributed by atoms with Crippen LogP contribution in [0, 0.1) is 5.82 Å². The van der Waals surface area contributed by atoms with Crippen LogP contribution in [0.1, 0.15) is 42.5 Å². The Balaban J connectivity index is 2.05. The molecule has 0 spiro atoms. The Hall–Kier alpha value is -0.940. The van der Waals surface area contributed by atoms with Crippen LogP contribution in [-0.4, -0.2) is 37.0 Å². The largest absolute Gasteiger partial charge is 0.350 e. The highest BCUT2D eigenvalue weighted by Crippen LogP contribution is 2.31. The summed E-state index contributed by atoms with van der Waals surface area (Å²) >= 11 is 3.24. The molecule has 5 heteroatoms. The summed E-state index contributed by atoms with van der Waals surface area (Å²) in [5.41, 5.74) is 0.515. The fourth-order valence-corrected chi connectivity index (χ4v) is 3.54. The number of carbonyl (C=O) groups excluding carboxylic acids is 1. The van der Waals surface area contributed by atoms with Crippen LogP contribution in [0.5, 0.6) is 0 Å². The second-order valence-electron chi connectivity index (χ2n) is 5.99. The summed E-state index contributed by atoms with van der Waals surface area (Å²) < 4.78 is 13.6. The summed E-state index contributed by atoms with van der Waals surface area (Å²) in [5, 5.41) is 3.02. The average molecular weight is 357 g/mol. The molecule has 0 saturated heterocycles. The molecule has 116 valence electrons. The van der Waals surface area contributed by atoms with Crippen LogP contribution in [0.25, 0.3) is 0 Å². The Morgan fingerprint density at radius 1 is 1.33 bits per heavy atom. The van der Waals surface area contributed by atoms with E-state index in [0.29, 0.717) is 16.6 Å². The van der Waals surface area contributed by atoms with Crippen molar-refractivity contribution in [2.75, 3.05) is 20.6 Å². The molecule has 1 aliphatic carbocycles. The van der Waals surface area contributed by atoms with E-state index in [1.54, 1.807) is 0 Å². The minimum atomic E-state index is -0.351.